The summed E-state index contributed by atoms with van der Waals surface area (Å²) < 4.78 is 12.9. The molecule has 28 heavy (non-hydrogen) atoms. The molecule has 0 bridgehead atoms. The molecule has 1 fully saturated rings. The molecule has 0 amide bonds. The Morgan fingerprint density at radius 1 is 1.25 bits per heavy atom. The third-order valence-corrected chi connectivity index (χ3v) is 5.12. The zero-order valence-electron chi connectivity index (χ0n) is 15.8. The van der Waals surface area contributed by atoms with E-state index in [2.05, 4.69) is 26.2 Å². The predicted octanol–water partition coefficient (Wildman–Crippen LogP) is 3.38. The van der Waals surface area contributed by atoms with Crippen molar-refractivity contribution in [1.29, 1.82) is 0 Å². The number of morpholine rings is 1. The van der Waals surface area contributed by atoms with Crippen molar-refractivity contribution in [3.05, 3.63) is 65.8 Å². The molecule has 1 aromatic carbocycles. The molecule has 0 aliphatic carbocycles. The second-order valence-corrected chi connectivity index (χ2v) is 6.64. The van der Waals surface area contributed by atoms with Gasteiger partial charge < -0.3 is 14.8 Å². The number of aromatic nitrogens is 2. The first-order valence-corrected chi connectivity index (χ1v) is 9.34. The number of para-hydroxylation sites is 1. The van der Waals surface area contributed by atoms with Crippen molar-refractivity contribution >= 4 is 16.9 Å². The van der Waals surface area contributed by atoms with Gasteiger partial charge in [0, 0.05) is 31.4 Å². The third kappa shape index (κ3) is 3.52. The Kier molecular flexibility index (Phi) is 5.42. The van der Waals surface area contributed by atoms with Crippen LogP contribution >= 0.6 is 0 Å². The van der Waals surface area contributed by atoms with E-state index in [0.717, 1.165) is 48.8 Å². The molecule has 1 atom stereocenters. The number of nitrogens with one attached hydrogen (secondary N) is 1. The minimum atomic E-state index is 0.0989. The van der Waals surface area contributed by atoms with Gasteiger partial charge in [-0.3, -0.25) is 4.90 Å². The molecule has 7 heteroatoms. The summed E-state index contributed by atoms with van der Waals surface area (Å²) in [6.45, 7) is 11.3. The summed E-state index contributed by atoms with van der Waals surface area (Å²) in [7, 11) is 1.70. The average Bonchev–Trinajstić information content (AvgIpc) is 3.24. The molecular formula is C21H23N5O2. The molecule has 0 radical (unpaired) electrons. The number of nitrogens with zero attached hydrogens (tertiary/aromatic N) is 4. The van der Waals surface area contributed by atoms with E-state index in [1.165, 1.54) is 0 Å². The van der Waals surface area contributed by atoms with E-state index in [1.807, 2.05) is 36.5 Å². The van der Waals surface area contributed by atoms with E-state index >= 15 is 0 Å². The van der Waals surface area contributed by atoms with Crippen molar-refractivity contribution in [2.45, 2.75) is 6.04 Å². The van der Waals surface area contributed by atoms with Gasteiger partial charge in [0.1, 0.15) is 5.75 Å². The number of ether oxygens (including phenoxy) is 2. The largest absolute Gasteiger partial charge is 0.496 e. The molecule has 1 saturated heterocycles. The third-order valence-electron chi connectivity index (χ3n) is 5.12. The summed E-state index contributed by atoms with van der Waals surface area (Å²) in [4.78, 5) is 6.06. The average molecular weight is 377 g/mol. The van der Waals surface area contributed by atoms with Gasteiger partial charge in [0.2, 0.25) is 5.69 Å². The van der Waals surface area contributed by atoms with Gasteiger partial charge in [-0.05, 0) is 18.2 Å². The summed E-state index contributed by atoms with van der Waals surface area (Å²) >= 11 is 0. The summed E-state index contributed by atoms with van der Waals surface area (Å²) in [6, 6.07) is 12.1. The summed E-state index contributed by atoms with van der Waals surface area (Å²) in [5.74, 6) is 0.869. The minimum Gasteiger partial charge on any atom is -0.496 e. The maximum absolute atomic E-state index is 7.51. The normalized spacial score (nSPS) is 15.9. The number of hydrogen-bond acceptors (Lipinski definition) is 5. The van der Waals surface area contributed by atoms with E-state index in [9.17, 15) is 0 Å². The highest BCUT2D eigenvalue weighted by molar-refractivity contribution is 5.84. The highest BCUT2D eigenvalue weighted by Gasteiger charge is 2.25. The van der Waals surface area contributed by atoms with Gasteiger partial charge >= 0.3 is 0 Å². The molecule has 0 saturated carbocycles. The van der Waals surface area contributed by atoms with Crippen molar-refractivity contribution in [3.8, 4) is 5.75 Å². The number of benzene rings is 1. The highest BCUT2D eigenvalue weighted by atomic mass is 16.5. The maximum atomic E-state index is 7.51. The highest BCUT2D eigenvalue weighted by Crippen LogP contribution is 2.33. The fourth-order valence-electron chi connectivity index (χ4n) is 3.71. The molecule has 2 aromatic heterocycles. The minimum absolute atomic E-state index is 0.0989. The Morgan fingerprint density at radius 3 is 2.86 bits per heavy atom. The molecule has 1 aliphatic rings. The van der Waals surface area contributed by atoms with Gasteiger partial charge in [-0.1, -0.05) is 18.2 Å². The molecule has 0 spiro atoms. The first-order valence-electron chi connectivity index (χ1n) is 9.34. The van der Waals surface area contributed by atoms with Crippen LogP contribution in [-0.2, 0) is 4.74 Å². The smallest absolute Gasteiger partial charge is 0.231 e. The first kappa shape index (κ1) is 18.3. The van der Waals surface area contributed by atoms with E-state index in [4.69, 9.17) is 16.0 Å². The zero-order chi connectivity index (χ0) is 19.3. The molecule has 3 heterocycles. The van der Waals surface area contributed by atoms with Crippen LogP contribution in [0.15, 0.2) is 48.8 Å². The van der Waals surface area contributed by atoms with Crippen LogP contribution in [-0.4, -0.2) is 54.5 Å². The Morgan fingerprint density at radius 2 is 2.07 bits per heavy atom. The Balaban J connectivity index is 1.67. The van der Waals surface area contributed by atoms with E-state index in [0.29, 0.717) is 12.2 Å². The van der Waals surface area contributed by atoms with E-state index in [1.54, 1.807) is 17.8 Å². The molecule has 144 valence electrons. The van der Waals surface area contributed by atoms with Crippen LogP contribution in [0.3, 0.4) is 0 Å². The van der Waals surface area contributed by atoms with Gasteiger partial charge in [-0.25, -0.2) is 9.36 Å². The van der Waals surface area contributed by atoms with Crippen molar-refractivity contribution in [1.82, 2.24) is 14.5 Å². The second-order valence-electron chi connectivity index (χ2n) is 6.64. The van der Waals surface area contributed by atoms with Gasteiger partial charge in [-0.15, -0.1) is 0 Å². The fourth-order valence-corrected chi connectivity index (χ4v) is 3.71. The number of hydrogen-bond donors (Lipinski definition) is 1. The predicted molar refractivity (Wildman–Crippen MR) is 108 cm³/mol. The van der Waals surface area contributed by atoms with E-state index in [-0.39, 0.29) is 6.04 Å². The van der Waals surface area contributed by atoms with Gasteiger partial charge in [0.25, 0.3) is 0 Å². The summed E-state index contributed by atoms with van der Waals surface area (Å²) in [5, 5.41) is 7.82. The Hall–Kier alpha value is -3.08. The quantitative estimate of drug-likeness (QED) is 0.668. The van der Waals surface area contributed by atoms with Crippen LogP contribution < -0.4 is 10.1 Å². The molecular weight excluding hydrogens is 354 g/mol. The monoisotopic (exact) mass is 377 g/mol. The number of methoxy groups -OCH3 is 1. The van der Waals surface area contributed by atoms with Crippen LogP contribution in [0.5, 0.6) is 5.75 Å². The Labute approximate surface area is 164 Å². The van der Waals surface area contributed by atoms with Crippen LogP contribution in [0, 0.1) is 6.57 Å². The lowest BCUT2D eigenvalue weighted by atomic mass is 10.0. The van der Waals surface area contributed by atoms with Crippen molar-refractivity contribution in [3.63, 3.8) is 0 Å². The van der Waals surface area contributed by atoms with Crippen LogP contribution in [0.1, 0.15) is 11.6 Å². The lowest BCUT2D eigenvalue weighted by Crippen LogP contribution is -2.41. The van der Waals surface area contributed by atoms with Gasteiger partial charge in [-0.2, -0.15) is 5.10 Å². The first-order chi connectivity index (χ1) is 13.8. The SMILES string of the molecule is [C-]#[N+]c1cnn2cccc2c1NCC(c1ccccc1OC)N1CCOCC1. The standard InChI is InChI=1S/C21H23N5O2/c1-22-17-14-24-26-9-5-7-18(26)21(17)23-15-19(25-10-12-28-13-11-25)16-6-3-4-8-20(16)27-2/h3-9,14,19,23H,10-13,15H2,2H3. The van der Waals surface area contributed by atoms with Crippen molar-refractivity contribution < 1.29 is 9.47 Å². The molecule has 7 nitrogen and oxygen atoms in total. The van der Waals surface area contributed by atoms with Gasteiger partial charge in [0.15, 0.2) is 0 Å². The van der Waals surface area contributed by atoms with Crippen LogP contribution in [0.2, 0.25) is 0 Å². The molecule has 1 unspecified atom stereocenters. The molecule has 1 aliphatic heterocycles. The summed E-state index contributed by atoms with van der Waals surface area (Å²) in [6.07, 6.45) is 3.49. The maximum Gasteiger partial charge on any atom is 0.231 e. The van der Waals surface area contributed by atoms with Crippen LogP contribution in [0.4, 0.5) is 11.4 Å². The second kappa shape index (κ2) is 8.30. The number of fused-ring (bicyclic) bond motifs is 1. The summed E-state index contributed by atoms with van der Waals surface area (Å²) in [5.41, 5.74) is 3.36. The van der Waals surface area contributed by atoms with Gasteiger partial charge in [0.05, 0.1) is 50.3 Å². The van der Waals surface area contributed by atoms with Crippen LogP contribution in [0.25, 0.3) is 10.4 Å². The number of rotatable bonds is 6. The lowest BCUT2D eigenvalue weighted by molar-refractivity contribution is 0.0183. The topological polar surface area (TPSA) is 55.4 Å². The Bertz CT molecular complexity index is 988. The molecule has 1 N–H and O–H groups in total. The van der Waals surface area contributed by atoms with E-state index < -0.39 is 0 Å². The molecule has 3 aromatic rings. The molecule has 4 rings (SSSR count). The number of anilines is 1. The van der Waals surface area contributed by atoms with Crippen molar-refractivity contribution in [2.24, 2.45) is 0 Å². The zero-order valence-corrected chi connectivity index (χ0v) is 15.8. The fraction of sp³-hybridized carbons (Fsp3) is 0.333. The van der Waals surface area contributed by atoms with Crippen molar-refractivity contribution in [2.75, 3.05) is 45.3 Å². The lowest BCUT2D eigenvalue weighted by Gasteiger charge is -2.35.